The molecule has 0 aromatic heterocycles. The van der Waals surface area contributed by atoms with Gasteiger partial charge in [-0.3, -0.25) is 0 Å². The number of nitrogen functional groups attached to an aromatic ring is 2. The van der Waals surface area contributed by atoms with Gasteiger partial charge in [-0.05, 0) is 30.3 Å². The van der Waals surface area contributed by atoms with Gasteiger partial charge in [-0.2, -0.15) is 0 Å². The van der Waals surface area contributed by atoms with Gasteiger partial charge in [0.1, 0.15) is 5.75 Å². The van der Waals surface area contributed by atoms with Crippen LogP contribution < -0.4 is 11.5 Å². The van der Waals surface area contributed by atoms with Gasteiger partial charge in [0.2, 0.25) is 0 Å². The van der Waals surface area contributed by atoms with Crippen LogP contribution in [0.4, 0.5) is 11.4 Å². The van der Waals surface area contributed by atoms with E-state index < -0.39 is 0 Å². The molecule has 0 spiro atoms. The first-order valence-electron chi connectivity index (χ1n) is 5.26. The zero-order chi connectivity index (χ0) is 13.1. The molecule has 90 valence electrons. The Balaban J connectivity index is 2.37. The second-order valence-corrected chi connectivity index (χ2v) is 3.77. The first kappa shape index (κ1) is 11.7. The zero-order valence-electron chi connectivity index (χ0n) is 9.51. The predicted molar refractivity (Wildman–Crippen MR) is 71.0 cm³/mol. The van der Waals surface area contributed by atoms with Crippen molar-refractivity contribution in [2.45, 2.75) is 0 Å². The van der Waals surface area contributed by atoms with Crippen LogP contribution in [0.25, 0.3) is 0 Å². The average Bonchev–Trinajstić information content (AvgIpc) is 2.35. The van der Waals surface area contributed by atoms with Crippen LogP contribution in [0.5, 0.6) is 11.5 Å². The van der Waals surface area contributed by atoms with E-state index in [1.807, 2.05) is 0 Å². The molecule has 0 aliphatic heterocycles. The first-order valence-corrected chi connectivity index (χ1v) is 5.26. The molecule has 0 saturated heterocycles. The number of phenolic OH excluding ortho intramolecular Hbond substituents is 2. The molecule has 0 aliphatic rings. The minimum absolute atomic E-state index is 0.0207. The van der Waals surface area contributed by atoms with E-state index >= 15 is 0 Å². The van der Waals surface area contributed by atoms with Gasteiger partial charge in [0, 0.05) is 5.56 Å². The van der Waals surface area contributed by atoms with Crippen molar-refractivity contribution in [3.8, 4) is 23.3 Å². The quantitative estimate of drug-likeness (QED) is 0.320. The number of rotatable bonds is 0. The summed E-state index contributed by atoms with van der Waals surface area (Å²) in [6.45, 7) is 0. The highest BCUT2D eigenvalue weighted by molar-refractivity contribution is 5.63. The van der Waals surface area contributed by atoms with E-state index in [0.717, 1.165) is 0 Å². The Morgan fingerprint density at radius 2 is 1.67 bits per heavy atom. The lowest BCUT2D eigenvalue weighted by atomic mass is 10.1. The second kappa shape index (κ2) is 4.60. The van der Waals surface area contributed by atoms with Crippen molar-refractivity contribution < 1.29 is 10.2 Å². The van der Waals surface area contributed by atoms with Crippen LogP contribution in [0.3, 0.4) is 0 Å². The van der Waals surface area contributed by atoms with Crippen LogP contribution in [0.2, 0.25) is 0 Å². The zero-order valence-corrected chi connectivity index (χ0v) is 9.51. The molecule has 4 nitrogen and oxygen atoms in total. The fraction of sp³-hybridized carbons (Fsp3) is 0. The Labute approximate surface area is 104 Å². The molecule has 4 heteroatoms. The molecule has 0 aliphatic carbocycles. The molecule has 0 saturated carbocycles. The Bertz CT molecular complexity index is 655. The summed E-state index contributed by atoms with van der Waals surface area (Å²) in [6, 6.07) is 9.65. The third-order valence-electron chi connectivity index (χ3n) is 2.44. The SMILES string of the molecule is Nc1cc(C#Cc2cccc(N)c2O)ccc1O. The number of phenols is 2. The lowest BCUT2D eigenvalue weighted by molar-refractivity contribution is 0.476. The van der Waals surface area contributed by atoms with Crippen molar-refractivity contribution in [3.63, 3.8) is 0 Å². The van der Waals surface area contributed by atoms with Crippen molar-refractivity contribution in [2.24, 2.45) is 0 Å². The highest BCUT2D eigenvalue weighted by Crippen LogP contribution is 2.24. The van der Waals surface area contributed by atoms with Crippen molar-refractivity contribution in [2.75, 3.05) is 11.5 Å². The van der Waals surface area contributed by atoms with Gasteiger partial charge in [-0.25, -0.2) is 0 Å². The number of para-hydroxylation sites is 1. The molecule has 0 fully saturated rings. The number of hydrogen-bond donors (Lipinski definition) is 4. The maximum atomic E-state index is 9.68. The maximum Gasteiger partial charge on any atom is 0.154 e. The van der Waals surface area contributed by atoms with Crippen LogP contribution in [0.1, 0.15) is 11.1 Å². The number of hydrogen-bond acceptors (Lipinski definition) is 4. The van der Waals surface area contributed by atoms with E-state index in [-0.39, 0.29) is 22.9 Å². The smallest absolute Gasteiger partial charge is 0.154 e. The van der Waals surface area contributed by atoms with Crippen LogP contribution in [-0.2, 0) is 0 Å². The normalized spacial score (nSPS) is 9.56. The predicted octanol–water partition coefficient (Wildman–Crippen LogP) is 1.66. The van der Waals surface area contributed by atoms with E-state index in [4.69, 9.17) is 11.5 Å². The summed E-state index contributed by atoms with van der Waals surface area (Å²) in [7, 11) is 0. The van der Waals surface area contributed by atoms with E-state index in [2.05, 4.69) is 11.8 Å². The van der Waals surface area contributed by atoms with E-state index in [9.17, 15) is 10.2 Å². The van der Waals surface area contributed by atoms with Crippen molar-refractivity contribution >= 4 is 11.4 Å². The monoisotopic (exact) mass is 240 g/mol. The van der Waals surface area contributed by atoms with Crippen molar-refractivity contribution in [3.05, 3.63) is 47.5 Å². The third-order valence-corrected chi connectivity index (χ3v) is 2.44. The van der Waals surface area contributed by atoms with Gasteiger partial charge in [-0.15, -0.1) is 0 Å². The fourth-order valence-corrected chi connectivity index (χ4v) is 1.43. The standard InChI is InChI=1S/C14H12N2O2/c15-11-3-1-2-10(14(11)18)6-4-9-5-7-13(17)12(16)8-9/h1-3,5,7-8,17-18H,15-16H2. The molecule has 0 radical (unpaired) electrons. The van der Waals surface area contributed by atoms with Crippen LogP contribution >= 0.6 is 0 Å². The molecular weight excluding hydrogens is 228 g/mol. The van der Waals surface area contributed by atoms with Gasteiger partial charge in [-0.1, -0.05) is 17.9 Å². The summed E-state index contributed by atoms with van der Waals surface area (Å²) in [5, 5.41) is 19.0. The summed E-state index contributed by atoms with van der Waals surface area (Å²) in [5.41, 5.74) is 12.8. The van der Waals surface area contributed by atoms with Crippen molar-refractivity contribution in [1.82, 2.24) is 0 Å². The van der Waals surface area contributed by atoms with E-state index in [1.54, 1.807) is 30.3 Å². The Morgan fingerprint density at radius 3 is 2.39 bits per heavy atom. The first-order chi connectivity index (χ1) is 8.58. The second-order valence-electron chi connectivity index (χ2n) is 3.77. The minimum atomic E-state index is -0.0308. The molecule has 0 amide bonds. The number of nitrogens with two attached hydrogens (primary N) is 2. The molecule has 2 rings (SSSR count). The highest BCUT2D eigenvalue weighted by atomic mass is 16.3. The van der Waals surface area contributed by atoms with Crippen LogP contribution in [0, 0.1) is 11.8 Å². The maximum absolute atomic E-state index is 9.68. The third kappa shape index (κ3) is 2.30. The van der Waals surface area contributed by atoms with Gasteiger partial charge < -0.3 is 21.7 Å². The van der Waals surface area contributed by atoms with Gasteiger partial charge in [0.05, 0.1) is 16.9 Å². The summed E-state index contributed by atoms with van der Waals surface area (Å²) in [6.07, 6.45) is 0. The van der Waals surface area contributed by atoms with Gasteiger partial charge in [0.15, 0.2) is 5.75 Å². The molecule has 0 atom stereocenters. The molecule has 6 N–H and O–H groups in total. The summed E-state index contributed by atoms with van der Waals surface area (Å²) in [4.78, 5) is 0. The lowest BCUT2D eigenvalue weighted by Gasteiger charge is -2.00. The summed E-state index contributed by atoms with van der Waals surface area (Å²) < 4.78 is 0. The van der Waals surface area contributed by atoms with Crippen molar-refractivity contribution in [1.29, 1.82) is 0 Å². The van der Waals surface area contributed by atoms with E-state index in [1.165, 1.54) is 6.07 Å². The molecule has 0 heterocycles. The summed E-state index contributed by atoms with van der Waals surface area (Å²) in [5.74, 6) is 5.63. The summed E-state index contributed by atoms with van der Waals surface area (Å²) >= 11 is 0. The van der Waals surface area contributed by atoms with Crippen LogP contribution in [-0.4, -0.2) is 10.2 Å². The molecular formula is C14H12N2O2. The molecule has 0 unspecified atom stereocenters. The largest absolute Gasteiger partial charge is 0.506 e. The lowest BCUT2D eigenvalue weighted by Crippen LogP contribution is -1.88. The Kier molecular flexibility index (Phi) is 2.98. The minimum Gasteiger partial charge on any atom is -0.506 e. The Hall–Kier alpha value is -2.80. The van der Waals surface area contributed by atoms with Gasteiger partial charge >= 0.3 is 0 Å². The fourth-order valence-electron chi connectivity index (χ4n) is 1.43. The number of aromatic hydroxyl groups is 2. The van der Waals surface area contributed by atoms with Gasteiger partial charge in [0.25, 0.3) is 0 Å². The average molecular weight is 240 g/mol. The Morgan fingerprint density at radius 1 is 0.889 bits per heavy atom. The van der Waals surface area contributed by atoms with E-state index in [0.29, 0.717) is 11.1 Å². The molecule has 0 bridgehead atoms. The van der Waals surface area contributed by atoms with Crippen LogP contribution in [0.15, 0.2) is 36.4 Å². The molecule has 2 aromatic rings. The molecule has 2 aromatic carbocycles. The molecule has 18 heavy (non-hydrogen) atoms. The topological polar surface area (TPSA) is 92.5 Å². The highest BCUT2D eigenvalue weighted by Gasteiger charge is 2.01. The number of anilines is 2. The number of benzene rings is 2.